The minimum absolute atomic E-state index is 0.0923. The Morgan fingerprint density at radius 3 is 2.74 bits per heavy atom. The Kier molecular flexibility index (Phi) is 5.72. The molecule has 0 radical (unpaired) electrons. The predicted molar refractivity (Wildman–Crippen MR) is 73.1 cm³/mol. The molecule has 0 saturated heterocycles. The molecule has 1 aromatic rings. The molecule has 0 heterocycles. The van der Waals surface area contributed by atoms with Gasteiger partial charge in [-0.1, -0.05) is 24.6 Å². The van der Waals surface area contributed by atoms with Gasteiger partial charge in [0.1, 0.15) is 5.02 Å². The lowest BCUT2D eigenvalue weighted by Gasteiger charge is -2.19. The molecule has 19 heavy (non-hydrogen) atoms. The van der Waals surface area contributed by atoms with Gasteiger partial charge >= 0.3 is 0 Å². The smallest absolute Gasteiger partial charge is 0.288 e. The van der Waals surface area contributed by atoms with Crippen LogP contribution in [0, 0.1) is 10.1 Å². The standard InChI is InChI=1S/C12H16ClN3O3/c1-3-15(8-12(17)14-2)7-9-4-5-10(13)11(6-9)16(18)19/h4-6H,3,7-8H2,1-2H3,(H,14,17). The van der Waals surface area contributed by atoms with Crippen molar-refractivity contribution in [3.05, 3.63) is 38.9 Å². The number of nitrogens with zero attached hydrogens (tertiary/aromatic N) is 2. The minimum atomic E-state index is -0.513. The van der Waals surface area contributed by atoms with Crippen molar-refractivity contribution in [2.75, 3.05) is 20.1 Å². The summed E-state index contributed by atoms with van der Waals surface area (Å²) in [6.07, 6.45) is 0. The first-order valence-electron chi connectivity index (χ1n) is 5.83. The molecule has 0 saturated carbocycles. The van der Waals surface area contributed by atoms with Crippen LogP contribution < -0.4 is 5.32 Å². The minimum Gasteiger partial charge on any atom is -0.358 e. The zero-order chi connectivity index (χ0) is 14.4. The van der Waals surface area contributed by atoms with Crippen LogP contribution >= 0.6 is 11.6 Å². The molecule has 0 aromatic heterocycles. The molecule has 0 unspecified atom stereocenters. The zero-order valence-electron chi connectivity index (χ0n) is 10.9. The SMILES string of the molecule is CCN(CC(=O)NC)Cc1ccc(Cl)c([N+](=O)[O-])c1. The molecule has 0 aliphatic carbocycles. The molecule has 0 atom stereocenters. The van der Waals surface area contributed by atoms with Crippen LogP contribution in [-0.2, 0) is 11.3 Å². The molecule has 1 rings (SSSR count). The highest BCUT2D eigenvalue weighted by atomic mass is 35.5. The molecule has 1 aromatic carbocycles. The van der Waals surface area contributed by atoms with E-state index in [0.29, 0.717) is 13.1 Å². The first kappa shape index (κ1) is 15.4. The van der Waals surface area contributed by atoms with E-state index in [-0.39, 0.29) is 23.2 Å². The van der Waals surface area contributed by atoms with Crippen LogP contribution in [0.3, 0.4) is 0 Å². The number of nitrogens with one attached hydrogen (secondary N) is 1. The van der Waals surface area contributed by atoms with Crippen molar-refractivity contribution in [1.29, 1.82) is 0 Å². The van der Waals surface area contributed by atoms with Crippen LogP contribution in [0.15, 0.2) is 18.2 Å². The van der Waals surface area contributed by atoms with E-state index < -0.39 is 4.92 Å². The second-order valence-electron chi connectivity index (χ2n) is 4.02. The quantitative estimate of drug-likeness (QED) is 0.639. The Labute approximate surface area is 116 Å². The van der Waals surface area contributed by atoms with E-state index in [1.165, 1.54) is 12.1 Å². The van der Waals surface area contributed by atoms with Gasteiger partial charge in [0.25, 0.3) is 5.69 Å². The number of likely N-dealkylation sites (N-methyl/N-ethyl adjacent to an activating group) is 2. The Balaban J connectivity index is 2.83. The molecule has 0 aliphatic rings. The Morgan fingerprint density at radius 2 is 2.21 bits per heavy atom. The fraction of sp³-hybridized carbons (Fsp3) is 0.417. The molecule has 0 fully saturated rings. The van der Waals surface area contributed by atoms with E-state index in [4.69, 9.17) is 11.6 Å². The van der Waals surface area contributed by atoms with Gasteiger partial charge in [-0.25, -0.2) is 0 Å². The van der Waals surface area contributed by atoms with Crippen LogP contribution in [0.1, 0.15) is 12.5 Å². The summed E-state index contributed by atoms with van der Waals surface area (Å²) in [5, 5.41) is 13.5. The number of carbonyl (C=O) groups excluding carboxylic acids is 1. The maximum absolute atomic E-state index is 11.3. The maximum atomic E-state index is 11.3. The normalized spacial score (nSPS) is 10.5. The molecule has 6 nitrogen and oxygen atoms in total. The number of carbonyl (C=O) groups is 1. The Hall–Kier alpha value is -1.66. The maximum Gasteiger partial charge on any atom is 0.288 e. The number of benzene rings is 1. The van der Waals surface area contributed by atoms with Gasteiger partial charge in [0.05, 0.1) is 11.5 Å². The van der Waals surface area contributed by atoms with E-state index in [0.717, 1.165) is 5.56 Å². The second kappa shape index (κ2) is 7.06. The number of nitro benzene ring substituents is 1. The largest absolute Gasteiger partial charge is 0.358 e. The van der Waals surface area contributed by atoms with Crippen molar-refractivity contribution in [2.45, 2.75) is 13.5 Å². The Bertz CT molecular complexity index is 479. The molecule has 1 N–H and O–H groups in total. The third-order valence-corrected chi connectivity index (χ3v) is 3.03. The highest BCUT2D eigenvalue weighted by molar-refractivity contribution is 6.32. The summed E-state index contributed by atoms with van der Waals surface area (Å²) in [5.41, 5.74) is 0.636. The van der Waals surface area contributed by atoms with Gasteiger partial charge in [0.2, 0.25) is 5.91 Å². The van der Waals surface area contributed by atoms with Gasteiger partial charge in [-0.2, -0.15) is 0 Å². The highest BCUT2D eigenvalue weighted by Gasteiger charge is 2.15. The van der Waals surface area contributed by atoms with Crippen LogP contribution in [0.25, 0.3) is 0 Å². The molecule has 0 bridgehead atoms. The number of hydrogen-bond acceptors (Lipinski definition) is 4. The summed E-state index contributed by atoms with van der Waals surface area (Å²) >= 11 is 5.75. The molecule has 0 aliphatic heterocycles. The van der Waals surface area contributed by atoms with E-state index in [1.807, 2.05) is 11.8 Å². The molecule has 0 spiro atoms. The Morgan fingerprint density at radius 1 is 1.53 bits per heavy atom. The first-order chi connectivity index (χ1) is 8.97. The molecular formula is C12H16ClN3O3. The van der Waals surface area contributed by atoms with Gasteiger partial charge in [-0.05, 0) is 18.2 Å². The van der Waals surface area contributed by atoms with Gasteiger partial charge < -0.3 is 5.32 Å². The first-order valence-corrected chi connectivity index (χ1v) is 6.21. The van der Waals surface area contributed by atoms with Crippen molar-refractivity contribution in [3.63, 3.8) is 0 Å². The summed E-state index contributed by atoms with van der Waals surface area (Å²) in [6.45, 7) is 3.31. The number of halogens is 1. The number of hydrogen-bond donors (Lipinski definition) is 1. The van der Waals surface area contributed by atoms with E-state index >= 15 is 0 Å². The van der Waals surface area contributed by atoms with Gasteiger partial charge in [0, 0.05) is 19.7 Å². The third-order valence-electron chi connectivity index (χ3n) is 2.71. The molecular weight excluding hydrogens is 270 g/mol. The van der Waals surface area contributed by atoms with Crippen molar-refractivity contribution in [1.82, 2.24) is 10.2 Å². The zero-order valence-corrected chi connectivity index (χ0v) is 11.6. The number of nitro groups is 1. The summed E-state index contributed by atoms with van der Waals surface area (Å²) in [6, 6.07) is 4.67. The third kappa shape index (κ3) is 4.50. The lowest BCUT2D eigenvalue weighted by molar-refractivity contribution is -0.384. The van der Waals surface area contributed by atoms with Crippen LogP contribution in [0.2, 0.25) is 5.02 Å². The summed E-state index contributed by atoms with van der Waals surface area (Å²) in [5.74, 6) is -0.0923. The van der Waals surface area contributed by atoms with Crippen LogP contribution in [0.5, 0.6) is 0 Å². The monoisotopic (exact) mass is 285 g/mol. The van der Waals surface area contributed by atoms with Gasteiger partial charge in [0.15, 0.2) is 0 Å². The summed E-state index contributed by atoms with van der Waals surface area (Å²) in [7, 11) is 1.57. The number of amides is 1. The topological polar surface area (TPSA) is 75.5 Å². The fourth-order valence-corrected chi connectivity index (χ4v) is 1.80. The molecule has 1 amide bonds. The lowest BCUT2D eigenvalue weighted by Crippen LogP contribution is -2.35. The van der Waals surface area contributed by atoms with E-state index in [9.17, 15) is 14.9 Å². The lowest BCUT2D eigenvalue weighted by atomic mass is 10.2. The number of rotatable bonds is 6. The van der Waals surface area contributed by atoms with Crippen molar-refractivity contribution in [3.8, 4) is 0 Å². The average Bonchev–Trinajstić information content (AvgIpc) is 2.39. The highest BCUT2D eigenvalue weighted by Crippen LogP contribution is 2.25. The van der Waals surface area contributed by atoms with E-state index in [2.05, 4.69) is 5.32 Å². The van der Waals surface area contributed by atoms with Crippen molar-refractivity contribution in [2.24, 2.45) is 0 Å². The van der Waals surface area contributed by atoms with Gasteiger partial charge in [-0.15, -0.1) is 0 Å². The van der Waals surface area contributed by atoms with Crippen molar-refractivity contribution < 1.29 is 9.72 Å². The summed E-state index contributed by atoms with van der Waals surface area (Å²) in [4.78, 5) is 23.5. The van der Waals surface area contributed by atoms with E-state index in [1.54, 1.807) is 13.1 Å². The second-order valence-corrected chi connectivity index (χ2v) is 4.43. The van der Waals surface area contributed by atoms with Gasteiger partial charge in [-0.3, -0.25) is 19.8 Å². The average molecular weight is 286 g/mol. The molecule has 104 valence electrons. The summed E-state index contributed by atoms with van der Waals surface area (Å²) < 4.78 is 0. The van der Waals surface area contributed by atoms with Crippen LogP contribution in [0.4, 0.5) is 5.69 Å². The van der Waals surface area contributed by atoms with Crippen molar-refractivity contribution >= 4 is 23.2 Å². The molecule has 7 heteroatoms. The fourth-order valence-electron chi connectivity index (χ4n) is 1.62. The predicted octanol–water partition coefficient (Wildman–Crippen LogP) is 1.82. The van der Waals surface area contributed by atoms with Crippen LogP contribution in [-0.4, -0.2) is 35.9 Å².